The number of benzene rings is 1. The predicted octanol–water partition coefficient (Wildman–Crippen LogP) is 4.39. The molecule has 0 saturated carbocycles. The van der Waals surface area contributed by atoms with Gasteiger partial charge in [-0.1, -0.05) is 30.3 Å². The van der Waals surface area contributed by atoms with Crippen LogP contribution in [0.1, 0.15) is 11.1 Å². The molecule has 18 heavy (non-hydrogen) atoms. The predicted molar refractivity (Wildman–Crippen MR) is 65.2 cm³/mol. The van der Waals surface area contributed by atoms with Gasteiger partial charge in [0.2, 0.25) is 0 Å². The van der Waals surface area contributed by atoms with Crippen molar-refractivity contribution in [2.75, 3.05) is 0 Å². The Labute approximate surface area is 107 Å². The number of alkyl halides is 3. The van der Waals surface area contributed by atoms with E-state index in [1.165, 1.54) is 18.0 Å². The molecule has 0 amide bonds. The van der Waals surface area contributed by atoms with E-state index >= 15 is 0 Å². The smallest absolute Gasteiger partial charge is 0.263 e. The lowest BCUT2D eigenvalue weighted by molar-refractivity contribution is -0.138. The average molecular weight is 269 g/mol. The SMILES string of the molecule is FC(F)(F)c1cncc(SCc2ccccc2)c1. The third-order valence-electron chi connectivity index (χ3n) is 2.29. The molecular formula is C13H10F3NS. The number of nitrogens with zero attached hydrogens (tertiary/aromatic N) is 1. The van der Waals surface area contributed by atoms with Crippen LogP contribution < -0.4 is 0 Å². The Morgan fingerprint density at radius 3 is 2.44 bits per heavy atom. The number of halogens is 3. The minimum atomic E-state index is -4.34. The maximum Gasteiger partial charge on any atom is 0.417 e. The van der Waals surface area contributed by atoms with Gasteiger partial charge in [-0.2, -0.15) is 13.2 Å². The fourth-order valence-electron chi connectivity index (χ4n) is 1.39. The molecule has 0 fully saturated rings. The Bertz CT molecular complexity index is 511. The Morgan fingerprint density at radius 1 is 1.06 bits per heavy atom. The van der Waals surface area contributed by atoms with Gasteiger partial charge < -0.3 is 0 Å². The summed E-state index contributed by atoms with van der Waals surface area (Å²) in [6, 6.07) is 10.7. The number of aromatic nitrogens is 1. The summed E-state index contributed by atoms with van der Waals surface area (Å²) in [4.78, 5) is 4.14. The standard InChI is InChI=1S/C13H10F3NS/c14-13(15,16)11-6-12(8-17-7-11)18-9-10-4-2-1-3-5-10/h1-8H,9H2. The first-order valence-electron chi connectivity index (χ1n) is 5.25. The van der Waals surface area contributed by atoms with Crippen LogP contribution in [-0.4, -0.2) is 4.98 Å². The van der Waals surface area contributed by atoms with E-state index in [-0.39, 0.29) is 0 Å². The second-order valence-corrected chi connectivity index (χ2v) is 4.73. The second-order valence-electron chi connectivity index (χ2n) is 3.68. The van der Waals surface area contributed by atoms with Crippen LogP contribution in [0, 0.1) is 0 Å². The fraction of sp³-hybridized carbons (Fsp3) is 0.154. The maximum atomic E-state index is 12.5. The van der Waals surface area contributed by atoms with Gasteiger partial charge in [0, 0.05) is 23.0 Å². The van der Waals surface area contributed by atoms with Gasteiger partial charge in [-0.05, 0) is 11.6 Å². The van der Waals surface area contributed by atoms with Crippen molar-refractivity contribution in [3.05, 3.63) is 59.9 Å². The molecule has 0 unspecified atom stereocenters. The zero-order chi connectivity index (χ0) is 13.0. The molecule has 2 rings (SSSR count). The van der Waals surface area contributed by atoms with Crippen molar-refractivity contribution < 1.29 is 13.2 Å². The highest BCUT2D eigenvalue weighted by molar-refractivity contribution is 7.98. The van der Waals surface area contributed by atoms with Crippen LogP contribution in [0.5, 0.6) is 0 Å². The maximum absolute atomic E-state index is 12.5. The van der Waals surface area contributed by atoms with Crippen LogP contribution in [0.25, 0.3) is 0 Å². The molecule has 1 aromatic heterocycles. The highest BCUT2D eigenvalue weighted by Gasteiger charge is 2.30. The molecule has 1 nitrogen and oxygen atoms in total. The van der Waals surface area contributed by atoms with Crippen LogP contribution in [-0.2, 0) is 11.9 Å². The number of thioether (sulfide) groups is 1. The molecule has 0 aliphatic rings. The van der Waals surface area contributed by atoms with Gasteiger partial charge in [0.25, 0.3) is 0 Å². The lowest BCUT2D eigenvalue weighted by Gasteiger charge is -2.07. The normalized spacial score (nSPS) is 11.5. The van der Waals surface area contributed by atoms with Crippen LogP contribution in [0.3, 0.4) is 0 Å². The topological polar surface area (TPSA) is 12.9 Å². The Hall–Kier alpha value is -1.49. The van der Waals surface area contributed by atoms with Crippen molar-refractivity contribution >= 4 is 11.8 Å². The van der Waals surface area contributed by atoms with Gasteiger partial charge in [-0.15, -0.1) is 11.8 Å². The fourth-order valence-corrected chi connectivity index (χ4v) is 2.27. The lowest BCUT2D eigenvalue weighted by Crippen LogP contribution is -2.05. The van der Waals surface area contributed by atoms with E-state index in [4.69, 9.17) is 0 Å². The van der Waals surface area contributed by atoms with Gasteiger partial charge in [-0.25, -0.2) is 0 Å². The van der Waals surface area contributed by atoms with Crippen LogP contribution in [0.2, 0.25) is 0 Å². The van der Waals surface area contributed by atoms with Gasteiger partial charge in [0.15, 0.2) is 0 Å². The van der Waals surface area contributed by atoms with Crippen LogP contribution >= 0.6 is 11.8 Å². The second kappa shape index (κ2) is 5.44. The summed E-state index contributed by atoms with van der Waals surface area (Å²) < 4.78 is 37.4. The highest BCUT2D eigenvalue weighted by atomic mass is 32.2. The Morgan fingerprint density at radius 2 is 1.78 bits per heavy atom. The first-order valence-corrected chi connectivity index (χ1v) is 6.23. The van der Waals surface area contributed by atoms with Gasteiger partial charge in [0.1, 0.15) is 0 Å². The van der Waals surface area contributed by atoms with Crippen LogP contribution in [0.4, 0.5) is 13.2 Å². The van der Waals surface area contributed by atoms with E-state index < -0.39 is 11.7 Å². The van der Waals surface area contributed by atoms with E-state index in [1.807, 2.05) is 30.3 Å². The van der Waals surface area contributed by atoms with Crippen molar-refractivity contribution in [3.8, 4) is 0 Å². The molecular weight excluding hydrogens is 259 g/mol. The zero-order valence-electron chi connectivity index (χ0n) is 9.32. The third-order valence-corrected chi connectivity index (χ3v) is 3.32. The van der Waals surface area contributed by atoms with Crippen molar-refractivity contribution in [1.29, 1.82) is 0 Å². The van der Waals surface area contributed by atoms with Crippen molar-refractivity contribution in [1.82, 2.24) is 4.98 Å². The monoisotopic (exact) mass is 269 g/mol. The molecule has 0 bridgehead atoms. The highest BCUT2D eigenvalue weighted by Crippen LogP contribution is 2.31. The molecule has 94 valence electrons. The number of hydrogen-bond acceptors (Lipinski definition) is 2. The van der Waals surface area contributed by atoms with E-state index in [9.17, 15) is 13.2 Å². The summed E-state index contributed by atoms with van der Waals surface area (Å²) in [5.74, 6) is 0.629. The van der Waals surface area contributed by atoms with Crippen molar-refractivity contribution in [2.24, 2.45) is 0 Å². The summed E-state index contributed by atoms with van der Waals surface area (Å²) in [5.41, 5.74) is 0.362. The molecule has 2 aromatic rings. The largest absolute Gasteiger partial charge is 0.417 e. The molecule has 1 heterocycles. The third kappa shape index (κ3) is 3.50. The summed E-state index contributed by atoms with van der Waals surface area (Å²) in [5, 5.41) is 0. The average Bonchev–Trinajstić information content (AvgIpc) is 2.37. The van der Waals surface area contributed by atoms with Crippen molar-refractivity contribution in [3.63, 3.8) is 0 Å². The van der Waals surface area contributed by atoms with E-state index in [0.29, 0.717) is 10.6 Å². The molecule has 0 saturated heterocycles. The van der Waals surface area contributed by atoms with Crippen molar-refractivity contribution in [2.45, 2.75) is 16.8 Å². The lowest BCUT2D eigenvalue weighted by atomic mass is 10.2. The first kappa shape index (κ1) is 13.0. The van der Waals surface area contributed by atoms with Crippen LogP contribution in [0.15, 0.2) is 53.7 Å². The number of rotatable bonds is 3. The first-order chi connectivity index (χ1) is 8.55. The Balaban J connectivity index is 2.06. The molecule has 0 aliphatic heterocycles. The number of hydrogen-bond donors (Lipinski definition) is 0. The van der Waals surface area contributed by atoms with Gasteiger partial charge in [-0.3, -0.25) is 4.98 Å². The molecule has 0 radical (unpaired) electrons. The molecule has 5 heteroatoms. The van der Waals surface area contributed by atoms with E-state index in [0.717, 1.165) is 17.8 Å². The van der Waals surface area contributed by atoms with E-state index in [1.54, 1.807) is 0 Å². The minimum Gasteiger partial charge on any atom is -0.263 e. The van der Waals surface area contributed by atoms with E-state index in [2.05, 4.69) is 4.98 Å². The summed E-state index contributed by atoms with van der Waals surface area (Å²) in [7, 11) is 0. The quantitative estimate of drug-likeness (QED) is 0.766. The molecule has 0 aliphatic carbocycles. The van der Waals surface area contributed by atoms with Gasteiger partial charge >= 0.3 is 6.18 Å². The summed E-state index contributed by atoms with van der Waals surface area (Å²) in [6.07, 6.45) is -2.05. The molecule has 1 aromatic carbocycles. The molecule has 0 atom stereocenters. The zero-order valence-corrected chi connectivity index (χ0v) is 10.1. The summed E-state index contributed by atoms with van der Waals surface area (Å²) in [6.45, 7) is 0. The Kier molecular flexibility index (Phi) is 3.91. The summed E-state index contributed by atoms with van der Waals surface area (Å²) >= 11 is 1.34. The van der Waals surface area contributed by atoms with Gasteiger partial charge in [0.05, 0.1) is 5.56 Å². The minimum absolute atomic E-state index is 0.522. The molecule has 0 spiro atoms. The molecule has 0 N–H and O–H groups in total. The number of pyridine rings is 1.